The van der Waals surface area contributed by atoms with E-state index in [1.165, 1.54) is 37.7 Å². The first kappa shape index (κ1) is 19.1. The van der Waals surface area contributed by atoms with Crippen molar-refractivity contribution in [1.82, 2.24) is 5.16 Å². The zero-order valence-electron chi connectivity index (χ0n) is 16.2. The first-order valence-electron chi connectivity index (χ1n) is 9.85. The molecule has 0 aliphatic carbocycles. The molecular weight excluding hydrogens is 334 g/mol. The van der Waals surface area contributed by atoms with Crippen LogP contribution in [0.25, 0.3) is 22.6 Å². The zero-order valence-corrected chi connectivity index (χ0v) is 16.2. The lowest BCUT2D eigenvalue weighted by Crippen LogP contribution is -1.90. The molecule has 0 N–H and O–H groups in total. The van der Waals surface area contributed by atoms with Crippen molar-refractivity contribution in [1.29, 1.82) is 0 Å². The maximum Gasteiger partial charge on any atom is 0.167 e. The van der Waals surface area contributed by atoms with Crippen LogP contribution in [0.3, 0.4) is 0 Å². The molecule has 0 aliphatic heterocycles. The average Bonchev–Trinajstić information content (AvgIpc) is 3.18. The molecule has 0 radical (unpaired) electrons. The van der Waals surface area contributed by atoms with Crippen molar-refractivity contribution in [3.63, 3.8) is 0 Å². The molecule has 0 spiro atoms. The molecule has 0 unspecified atom stereocenters. The molecule has 1 heterocycles. The van der Waals surface area contributed by atoms with Gasteiger partial charge < -0.3 is 4.52 Å². The number of aromatic nitrogens is 1. The summed E-state index contributed by atoms with van der Waals surface area (Å²) in [5.74, 6) is 0.822. The fraction of sp³-hybridized carbons (Fsp3) is 0.333. The summed E-state index contributed by atoms with van der Waals surface area (Å²) in [6.45, 7) is 3.81. The van der Waals surface area contributed by atoms with Crippen molar-refractivity contribution < 1.29 is 9.32 Å². The Bertz CT molecular complexity index is 860. The van der Waals surface area contributed by atoms with Crippen LogP contribution in [-0.4, -0.2) is 10.9 Å². The summed E-state index contributed by atoms with van der Waals surface area (Å²) >= 11 is 0. The SMILES string of the molecule is CCCCCCCc1ccc(-c2cc(-c3ccc(C(C)=O)cc3)no2)cc1. The Morgan fingerprint density at radius 2 is 1.56 bits per heavy atom. The minimum Gasteiger partial charge on any atom is -0.356 e. The topological polar surface area (TPSA) is 43.1 Å². The Hall–Kier alpha value is -2.68. The Morgan fingerprint density at radius 1 is 0.889 bits per heavy atom. The molecule has 0 saturated heterocycles. The van der Waals surface area contributed by atoms with E-state index in [-0.39, 0.29) is 5.78 Å². The van der Waals surface area contributed by atoms with E-state index in [4.69, 9.17) is 4.52 Å². The van der Waals surface area contributed by atoms with Crippen LogP contribution in [0.5, 0.6) is 0 Å². The predicted molar refractivity (Wildman–Crippen MR) is 110 cm³/mol. The Morgan fingerprint density at radius 3 is 2.22 bits per heavy atom. The highest BCUT2D eigenvalue weighted by Crippen LogP contribution is 2.26. The monoisotopic (exact) mass is 361 g/mol. The molecule has 27 heavy (non-hydrogen) atoms. The van der Waals surface area contributed by atoms with Crippen LogP contribution in [0.1, 0.15) is 61.9 Å². The Kier molecular flexibility index (Phi) is 6.59. The number of carbonyl (C=O) groups excluding carboxylic acids is 1. The lowest BCUT2D eigenvalue weighted by molar-refractivity contribution is 0.101. The normalized spacial score (nSPS) is 10.9. The second-order valence-electron chi connectivity index (χ2n) is 7.07. The Labute approximate surface area is 161 Å². The van der Waals surface area contributed by atoms with Gasteiger partial charge in [-0.3, -0.25) is 4.79 Å². The van der Waals surface area contributed by atoms with Gasteiger partial charge in [-0.25, -0.2) is 0 Å². The van der Waals surface area contributed by atoms with Gasteiger partial charge in [0, 0.05) is 22.8 Å². The van der Waals surface area contributed by atoms with E-state index in [9.17, 15) is 4.79 Å². The third-order valence-electron chi connectivity index (χ3n) is 4.90. The van der Waals surface area contributed by atoms with E-state index >= 15 is 0 Å². The molecule has 0 bridgehead atoms. The minimum absolute atomic E-state index is 0.0628. The number of ketones is 1. The summed E-state index contributed by atoms with van der Waals surface area (Å²) < 4.78 is 5.53. The number of aryl methyl sites for hydroxylation is 1. The number of carbonyl (C=O) groups is 1. The van der Waals surface area contributed by atoms with E-state index in [0.29, 0.717) is 5.56 Å². The highest BCUT2D eigenvalue weighted by Gasteiger charge is 2.09. The first-order valence-corrected chi connectivity index (χ1v) is 9.85. The van der Waals surface area contributed by atoms with Gasteiger partial charge in [0.2, 0.25) is 0 Å². The molecule has 3 nitrogen and oxygen atoms in total. The molecule has 140 valence electrons. The second-order valence-corrected chi connectivity index (χ2v) is 7.07. The van der Waals surface area contributed by atoms with Gasteiger partial charge in [0.25, 0.3) is 0 Å². The summed E-state index contributed by atoms with van der Waals surface area (Å²) in [6, 6.07) is 18.0. The molecule has 3 aromatic rings. The van der Waals surface area contributed by atoms with E-state index in [1.54, 1.807) is 6.92 Å². The van der Waals surface area contributed by atoms with Crippen molar-refractivity contribution >= 4 is 5.78 Å². The molecule has 3 heteroatoms. The lowest BCUT2D eigenvalue weighted by atomic mass is 10.0. The van der Waals surface area contributed by atoms with Gasteiger partial charge in [0.05, 0.1) is 0 Å². The summed E-state index contributed by atoms with van der Waals surface area (Å²) in [6.07, 6.45) is 7.65. The molecule has 2 aromatic carbocycles. The van der Waals surface area contributed by atoms with Gasteiger partial charge in [0.15, 0.2) is 11.5 Å². The Balaban J connectivity index is 1.63. The second kappa shape index (κ2) is 9.31. The standard InChI is InChI=1S/C24H27NO2/c1-3-4-5-6-7-8-19-9-11-22(12-10-19)24-17-23(25-27-24)21-15-13-20(14-16-21)18(2)26/h9-17H,3-8H2,1-2H3. The third kappa shape index (κ3) is 5.16. The van der Waals surface area contributed by atoms with Gasteiger partial charge in [0.1, 0.15) is 5.69 Å². The van der Waals surface area contributed by atoms with Crippen LogP contribution in [0.2, 0.25) is 0 Å². The number of rotatable bonds is 9. The van der Waals surface area contributed by atoms with Crippen LogP contribution in [-0.2, 0) is 6.42 Å². The summed E-state index contributed by atoms with van der Waals surface area (Å²) in [5, 5.41) is 4.18. The zero-order chi connectivity index (χ0) is 19.1. The summed E-state index contributed by atoms with van der Waals surface area (Å²) in [7, 11) is 0. The van der Waals surface area contributed by atoms with Crippen molar-refractivity contribution in [2.24, 2.45) is 0 Å². The fourth-order valence-electron chi connectivity index (χ4n) is 3.19. The summed E-state index contributed by atoms with van der Waals surface area (Å²) in [4.78, 5) is 11.4. The van der Waals surface area contributed by atoms with Gasteiger partial charge in [-0.05, 0) is 25.3 Å². The maximum absolute atomic E-state index is 11.4. The quantitative estimate of drug-likeness (QED) is 0.314. The van der Waals surface area contributed by atoms with E-state index in [0.717, 1.165) is 29.0 Å². The maximum atomic E-state index is 11.4. The predicted octanol–water partition coefficient (Wildman–Crippen LogP) is 6.72. The van der Waals surface area contributed by atoms with Gasteiger partial charge in [-0.15, -0.1) is 0 Å². The van der Waals surface area contributed by atoms with Crippen LogP contribution >= 0.6 is 0 Å². The number of unbranched alkanes of at least 4 members (excludes halogenated alkanes) is 4. The molecule has 1 aromatic heterocycles. The molecule has 0 atom stereocenters. The highest BCUT2D eigenvalue weighted by atomic mass is 16.5. The number of nitrogens with zero attached hydrogens (tertiary/aromatic N) is 1. The van der Waals surface area contributed by atoms with E-state index in [2.05, 4.69) is 36.3 Å². The van der Waals surface area contributed by atoms with Crippen LogP contribution < -0.4 is 0 Å². The van der Waals surface area contributed by atoms with Crippen LogP contribution in [0.15, 0.2) is 59.1 Å². The smallest absolute Gasteiger partial charge is 0.167 e. The fourth-order valence-corrected chi connectivity index (χ4v) is 3.19. The van der Waals surface area contributed by atoms with Crippen molar-refractivity contribution in [3.8, 4) is 22.6 Å². The average molecular weight is 361 g/mol. The van der Waals surface area contributed by atoms with Gasteiger partial charge in [-0.2, -0.15) is 0 Å². The van der Waals surface area contributed by atoms with E-state index in [1.807, 2.05) is 30.3 Å². The number of hydrogen-bond acceptors (Lipinski definition) is 3. The van der Waals surface area contributed by atoms with Gasteiger partial charge in [-0.1, -0.05) is 86.3 Å². The third-order valence-corrected chi connectivity index (χ3v) is 4.90. The van der Waals surface area contributed by atoms with Crippen molar-refractivity contribution in [2.45, 2.75) is 52.4 Å². The largest absolute Gasteiger partial charge is 0.356 e. The molecular formula is C24H27NO2. The number of Topliss-reactive ketones (excluding diaryl/α,β-unsaturated/α-hetero) is 1. The minimum atomic E-state index is 0.0628. The van der Waals surface area contributed by atoms with Crippen molar-refractivity contribution in [2.75, 3.05) is 0 Å². The summed E-state index contributed by atoms with van der Waals surface area (Å²) in [5.41, 5.74) is 4.82. The lowest BCUT2D eigenvalue weighted by Gasteiger charge is -2.02. The molecule has 3 rings (SSSR count). The van der Waals surface area contributed by atoms with Crippen LogP contribution in [0, 0.1) is 0 Å². The highest BCUT2D eigenvalue weighted by molar-refractivity contribution is 5.94. The number of hydrogen-bond donors (Lipinski definition) is 0. The number of benzene rings is 2. The molecule has 0 amide bonds. The molecule has 0 aliphatic rings. The first-order chi connectivity index (χ1) is 13.2. The van der Waals surface area contributed by atoms with Gasteiger partial charge >= 0.3 is 0 Å². The van der Waals surface area contributed by atoms with E-state index < -0.39 is 0 Å². The van der Waals surface area contributed by atoms with Crippen LogP contribution in [0.4, 0.5) is 0 Å². The molecule has 0 fully saturated rings. The molecule has 0 saturated carbocycles. The van der Waals surface area contributed by atoms with Crippen molar-refractivity contribution in [3.05, 3.63) is 65.7 Å².